The Bertz CT molecular complexity index is 838. The molecule has 0 saturated heterocycles. The summed E-state index contributed by atoms with van der Waals surface area (Å²) in [6, 6.07) is 5.43. The zero-order valence-corrected chi connectivity index (χ0v) is 14.3. The lowest BCUT2D eigenvalue weighted by atomic mass is 9.90. The molecule has 1 aromatic carbocycles. The second kappa shape index (κ2) is 8.11. The zero-order chi connectivity index (χ0) is 19.3. The lowest BCUT2D eigenvalue weighted by Gasteiger charge is -2.23. The number of ether oxygens (including phenoxy) is 1. The molecule has 0 spiro atoms. The highest BCUT2D eigenvalue weighted by Crippen LogP contribution is 2.29. The number of nitro benzene ring substituents is 1. The van der Waals surface area contributed by atoms with Gasteiger partial charge in [0.2, 0.25) is 0 Å². The molecular weight excluding hydrogens is 340 g/mol. The summed E-state index contributed by atoms with van der Waals surface area (Å²) in [6.07, 6.45) is 4.63. The second-order valence-corrected chi connectivity index (χ2v) is 5.73. The van der Waals surface area contributed by atoms with Gasteiger partial charge < -0.3 is 15.2 Å². The number of carbonyl (C=O) groups excluding carboxylic acids is 1. The van der Waals surface area contributed by atoms with Gasteiger partial charge >= 0.3 is 5.97 Å². The van der Waals surface area contributed by atoms with Crippen molar-refractivity contribution in [2.45, 2.75) is 13.3 Å². The SMILES string of the molecule is COC1=C(NC(=O)c2cccc([N+](=O)[O-])c2)CC(C)C(/C=C/C(=O)O)=C1. The number of allylic oxidation sites excluding steroid dienone is 4. The molecule has 0 bridgehead atoms. The minimum absolute atomic E-state index is 0.0371. The highest BCUT2D eigenvalue weighted by atomic mass is 16.6. The fourth-order valence-corrected chi connectivity index (χ4v) is 2.55. The highest BCUT2D eigenvalue weighted by Gasteiger charge is 2.22. The van der Waals surface area contributed by atoms with E-state index < -0.39 is 16.8 Å². The number of hydrogen-bond acceptors (Lipinski definition) is 5. The van der Waals surface area contributed by atoms with Crippen molar-refractivity contribution >= 4 is 17.6 Å². The van der Waals surface area contributed by atoms with Crippen LogP contribution >= 0.6 is 0 Å². The van der Waals surface area contributed by atoms with Crippen molar-refractivity contribution in [3.63, 3.8) is 0 Å². The van der Waals surface area contributed by atoms with Gasteiger partial charge in [-0.1, -0.05) is 19.1 Å². The third kappa shape index (κ3) is 4.56. The molecule has 0 radical (unpaired) electrons. The Balaban J connectivity index is 2.26. The van der Waals surface area contributed by atoms with E-state index in [1.807, 2.05) is 6.92 Å². The molecule has 1 aliphatic carbocycles. The van der Waals surface area contributed by atoms with Crippen LogP contribution in [0.5, 0.6) is 0 Å². The van der Waals surface area contributed by atoms with Crippen LogP contribution in [0, 0.1) is 16.0 Å². The summed E-state index contributed by atoms with van der Waals surface area (Å²) >= 11 is 0. The molecule has 2 rings (SSSR count). The number of amides is 1. The van der Waals surface area contributed by atoms with Crippen LogP contribution in [-0.4, -0.2) is 29.0 Å². The van der Waals surface area contributed by atoms with Gasteiger partial charge in [-0.2, -0.15) is 0 Å². The van der Waals surface area contributed by atoms with Crippen molar-refractivity contribution in [3.05, 3.63) is 75.2 Å². The first-order valence-electron chi connectivity index (χ1n) is 7.77. The Morgan fingerprint density at radius 1 is 1.42 bits per heavy atom. The number of nitro groups is 1. The predicted molar refractivity (Wildman–Crippen MR) is 93.2 cm³/mol. The molecule has 0 aliphatic heterocycles. The molecule has 1 amide bonds. The Morgan fingerprint density at radius 3 is 2.77 bits per heavy atom. The standard InChI is InChI=1S/C18H18N2O6/c1-11-8-15(16(26-2)10-12(11)6-7-17(21)22)19-18(23)13-4-3-5-14(9-13)20(24)25/h3-7,9-11H,8H2,1-2H3,(H,19,23)(H,21,22)/b7-6+. The molecule has 0 aromatic heterocycles. The second-order valence-electron chi connectivity index (χ2n) is 5.73. The Kier molecular flexibility index (Phi) is 5.90. The third-order valence-electron chi connectivity index (χ3n) is 3.90. The fourth-order valence-electron chi connectivity index (χ4n) is 2.55. The quantitative estimate of drug-likeness (QED) is 0.458. The average Bonchev–Trinajstić information content (AvgIpc) is 2.61. The first-order chi connectivity index (χ1) is 12.3. The minimum Gasteiger partial charge on any atom is -0.495 e. The van der Waals surface area contributed by atoms with Crippen molar-refractivity contribution in [2.75, 3.05) is 7.11 Å². The van der Waals surface area contributed by atoms with Crippen LogP contribution in [0.25, 0.3) is 0 Å². The van der Waals surface area contributed by atoms with Crippen molar-refractivity contribution in [3.8, 4) is 0 Å². The van der Waals surface area contributed by atoms with E-state index in [1.165, 1.54) is 37.5 Å². The smallest absolute Gasteiger partial charge is 0.328 e. The Labute approximate surface area is 149 Å². The Hall–Kier alpha value is -3.42. The van der Waals surface area contributed by atoms with E-state index in [0.29, 0.717) is 17.9 Å². The van der Waals surface area contributed by atoms with E-state index in [-0.39, 0.29) is 17.2 Å². The first-order valence-corrected chi connectivity index (χ1v) is 7.77. The summed E-state index contributed by atoms with van der Waals surface area (Å²) in [5, 5.41) is 22.3. The molecular formula is C18H18N2O6. The third-order valence-corrected chi connectivity index (χ3v) is 3.90. The van der Waals surface area contributed by atoms with E-state index in [2.05, 4.69) is 5.32 Å². The van der Waals surface area contributed by atoms with E-state index >= 15 is 0 Å². The van der Waals surface area contributed by atoms with Crippen molar-refractivity contribution < 1.29 is 24.4 Å². The maximum atomic E-state index is 12.4. The van der Waals surface area contributed by atoms with Crippen LogP contribution in [0.3, 0.4) is 0 Å². The van der Waals surface area contributed by atoms with Gasteiger partial charge in [-0.15, -0.1) is 0 Å². The van der Waals surface area contributed by atoms with Crippen LogP contribution in [0.2, 0.25) is 0 Å². The number of methoxy groups -OCH3 is 1. The number of nitrogens with one attached hydrogen (secondary N) is 1. The maximum absolute atomic E-state index is 12.4. The number of aliphatic carboxylic acids is 1. The number of carbonyl (C=O) groups is 2. The van der Waals surface area contributed by atoms with Gasteiger partial charge in [0.1, 0.15) is 5.76 Å². The van der Waals surface area contributed by atoms with Crippen molar-refractivity contribution in [2.24, 2.45) is 5.92 Å². The van der Waals surface area contributed by atoms with Crippen LogP contribution < -0.4 is 5.32 Å². The number of carboxylic acids is 1. The number of non-ortho nitro benzene ring substituents is 1. The number of carboxylic acid groups (broad SMARTS) is 1. The number of hydrogen-bond donors (Lipinski definition) is 2. The summed E-state index contributed by atoms with van der Waals surface area (Å²) < 4.78 is 5.29. The van der Waals surface area contributed by atoms with Gasteiger partial charge in [0, 0.05) is 23.8 Å². The van der Waals surface area contributed by atoms with Gasteiger partial charge in [0.25, 0.3) is 11.6 Å². The van der Waals surface area contributed by atoms with Crippen LogP contribution in [-0.2, 0) is 9.53 Å². The first kappa shape index (κ1) is 18.9. The van der Waals surface area contributed by atoms with Gasteiger partial charge in [0.15, 0.2) is 0 Å². The van der Waals surface area contributed by atoms with Crippen LogP contribution in [0.4, 0.5) is 5.69 Å². The molecule has 1 unspecified atom stereocenters. The van der Waals surface area contributed by atoms with E-state index in [1.54, 1.807) is 6.08 Å². The summed E-state index contributed by atoms with van der Waals surface area (Å²) in [5.41, 5.74) is 1.29. The van der Waals surface area contributed by atoms with Gasteiger partial charge in [-0.3, -0.25) is 14.9 Å². The fraction of sp³-hybridized carbons (Fsp3) is 0.222. The molecule has 2 N–H and O–H groups in total. The van der Waals surface area contributed by atoms with E-state index in [4.69, 9.17) is 9.84 Å². The molecule has 0 fully saturated rings. The zero-order valence-electron chi connectivity index (χ0n) is 14.3. The van der Waals surface area contributed by atoms with E-state index in [0.717, 1.165) is 11.6 Å². The van der Waals surface area contributed by atoms with E-state index in [9.17, 15) is 19.7 Å². The molecule has 1 aromatic rings. The molecule has 0 saturated carbocycles. The van der Waals surface area contributed by atoms with Crippen molar-refractivity contribution in [1.82, 2.24) is 5.32 Å². The van der Waals surface area contributed by atoms with Gasteiger partial charge in [0.05, 0.1) is 17.7 Å². The minimum atomic E-state index is -1.05. The van der Waals surface area contributed by atoms with Crippen LogP contribution in [0.1, 0.15) is 23.7 Å². The average molecular weight is 358 g/mol. The number of nitrogens with zero attached hydrogens (tertiary/aromatic N) is 1. The molecule has 0 heterocycles. The molecule has 8 heteroatoms. The largest absolute Gasteiger partial charge is 0.495 e. The lowest BCUT2D eigenvalue weighted by molar-refractivity contribution is -0.384. The Morgan fingerprint density at radius 2 is 2.15 bits per heavy atom. The maximum Gasteiger partial charge on any atom is 0.328 e. The monoisotopic (exact) mass is 358 g/mol. The normalized spacial score (nSPS) is 17.0. The number of rotatable bonds is 6. The predicted octanol–water partition coefficient (Wildman–Crippen LogP) is 2.79. The van der Waals surface area contributed by atoms with Gasteiger partial charge in [-0.25, -0.2) is 4.79 Å². The van der Waals surface area contributed by atoms with Gasteiger partial charge in [-0.05, 0) is 30.1 Å². The molecule has 1 atom stereocenters. The lowest BCUT2D eigenvalue weighted by Crippen LogP contribution is -2.27. The summed E-state index contributed by atoms with van der Waals surface area (Å²) in [5.74, 6) is -1.16. The molecule has 136 valence electrons. The van der Waals surface area contributed by atoms with Crippen molar-refractivity contribution in [1.29, 1.82) is 0 Å². The summed E-state index contributed by atoms with van der Waals surface area (Å²) in [4.78, 5) is 33.4. The summed E-state index contributed by atoms with van der Waals surface area (Å²) in [7, 11) is 1.44. The highest BCUT2D eigenvalue weighted by molar-refractivity contribution is 5.96. The molecule has 26 heavy (non-hydrogen) atoms. The number of benzene rings is 1. The molecule has 8 nitrogen and oxygen atoms in total. The summed E-state index contributed by atoms with van der Waals surface area (Å²) in [6.45, 7) is 1.89. The van der Waals surface area contributed by atoms with Crippen LogP contribution in [0.15, 0.2) is 59.5 Å². The molecule has 1 aliphatic rings. The topological polar surface area (TPSA) is 119 Å².